The van der Waals surface area contributed by atoms with E-state index in [4.69, 9.17) is 16.3 Å². The van der Waals surface area contributed by atoms with E-state index in [0.717, 1.165) is 40.9 Å². The Morgan fingerprint density at radius 3 is 2.63 bits per heavy atom. The van der Waals surface area contributed by atoms with Gasteiger partial charge in [-0.15, -0.1) is 0 Å². The summed E-state index contributed by atoms with van der Waals surface area (Å²) >= 11 is 9.74. The van der Waals surface area contributed by atoms with Crippen LogP contribution in [0.15, 0.2) is 22.7 Å². The van der Waals surface area contributed by atoms with E-state index in [1.807, 2.05) is 12.1 Å². The van der Waals surface area contributed by atoms with E-state index < -0.39 is 0 Å². The van der Waals surface area contributed by atoms with Gasteiger partial charge in [-0.3, -0.25) is 0 Å². The van der Waals surface area contributed by atoms with Crippen LogP contribution >= 0.6 is 27.5 Å². The van der Waals surface area contributed by atoms with Crippen molar-refractivity contribution in [3.63, 3.8) is 0 Å². The summed E-state index contributed by atoms with van der Waals surface area (Å²) in [5, 5.41) is 4.32. The first-order chi connectivity index (χ1) is 9.12. The molecule has 1 rings (SSSR count). The molecule has 4 heteroatoms. The number of rotatable bonds is 8. The first-order valence-corrected chi connectivity index (χ1v) is 7.99. The summed E-state index contributed by atoms with van der Waals surface area (Å²) in [4.78, 5) is 0. The van der Waals surface area contributed by atoms with Crippen LogP contribution in [0, 0.1) is 0 Å². The Labute approximate surface area is 130 Å². The largest absolute Gasteiger partial charge is 0.380 e. The second-order valence-corrected chi connectivity index (χ2v) is 5.99. The van der Waals surface area contributed by atoms with Gasteiger partial charge in [0.2, 0.25) is 0 Å². The summed E-state index contributed by atoms with van der Waals surface area (Å²) in [5.41, 5.74) is 1.16. The topological polar surface area (TPSA) is 21.3 Å². The predicted octanol–water partition coefficient (Wildman–Crippen LogP) is 4.44. The highest BCUT2D eigenvalue weighted by Crippen LogP contribution is 2.24. The number of ether oxygens (including phenoxy) is 1. The minimum atomic E-state index is 0.227. The predicted molar refractivity (Wildman–Crippen MR) is 86.0 cm³/mol. The number of benzene rings is 1. The Kier molecular flexibility index (Phi) is 8.00. The van der Waals surface area contributed by atoms with Crippen molar-refractivity contribution < 1.29 is 4.74 Å². The molecule has 19 heavy (non-hydrogen) atoms. The van der Waals surface area contributed by atoms with Gasteiger partial charge in [-0.05, 0) is 37.1 Å². The molecule has 0 radical (unpaired) electrons. The van der Waals surface area contributed by atoms with Gasteiger partial charge in [0.25, 0.3) is 0 Å². The zero-order valence-electron chi connectivity index (χ0n) is 11.9. The van der Waals surface area contributed by atoms with Crippen molar-refractivity contribution in [3.05, 3.63) is 33.3 Å². The van der Waals surface area contributed by atoms with E-state index in [1.54, 1.807) is 7.11 Å². The molecule has 108 valence electrons. The fourth-order valence-electron chi connectivity index (χ4n) is 2.29. The number of nitrogens with one attached hydrogen (secondary N) is 1. The minimum Gasteiger partial charge on any atom is -0.380 e. The second kappa shape index (κ2) is 8.96. The Hall–Kier alpha value is -0.0900. The third kappa shape index (κ3) is 5.42. The molecule has 2 nitrogen and oxygen atoms in total. The molecule has 0 saturated carbocycles. The summed E-state index contributed by atoms with van der Waals surface area (Å²) in [6.07, 6.45) is 3.29. The molecule has 0 heterocycles. The van der Waals surface area contributed by atoms with Gasteiger partial charge in [0.15, 0.2) is 0 Å². The van der Waals surface area contributed by atoms with E-state index in [9.17, 15) is 0 Å². The Balaban J connectivity index is 2.81. The zero-order chi connectivity index (χ0) is 14.3. The van der Waals surface area contributed by atoms with E-state index in [-0.39, 0.29) is 6.10 Å². The zero-order valence-corrected chi connectivity index (χ0v) is 14.2. The first kappa shape index (κ1) is 17.0. The molecule has 0 aliphatic carbocycles. The van der Waals surface area contributed by atoms with Crippen molar-refractivity contribution in [3.8, 4) is 0 Å². The fraction of sp³-hybridized carbons (Fsp3) is 0.600. The molecule has 2 unspecified atom stereocenters. The molecule has 0 spiro atoms. The highest BCUT2D eigenvalue weighted by Gasteiger charge is 2.20. The van der Waals surface area contributed by atoms with Gasteiger partial charge in [-0.25, -0.2) is 0 Å². The average Bonchev–Trinajstić information content (AvgIpc) is 2.38. The van der Waals surface area contributed by atoms with Crippen LogP contribution in [0.1, 0.15) is 32.3 Å². The SMILES string of the molecule is CCCC(OC)C(Cc1ccc(Br)cc1Cl)NCC. The smallest absolute Gasteiger partial charge is 0.0727 e. The van der Waals surface area contributed by atoms with Gasteiger partial charge in [0.1, 0.15) is 0 Å². The summed E-state index contributed by atoms with van der Waals surface area (Å²) in [7, 11) is 1.79. The van der Waals surface area contributed by atoms with Crippen LogP contribution in [-0.2, 0) is 11.2 Å². The average molecular weight is 349 g/mol. The van der Waals surface area contributed by atoms with Crippen molar-refractivity contribution in [1.82, 2.24) is 5.32 Å². The van der Waals surface area contributed by atoms with Gasteiger partial charge >= 0.3 is 0 Å². The molecular formula is C15H23BrClNO. The molecule has 0 aliphatic heterocycles. The molecule has 0 saturated heterocycles. The van der Waals surface area contributed by atoms with Crippen molar-refractivity contribution >= 4 is 27.5 Å². The van der Waals surface area contributed by atoms with E-state index in [1.165, 1.54) is 0 Å². The maximum atomic E-state index is 6.30. The number of halogens is 2. The van der Waals surface area contributed by atoms with Gasteiger partial charge < -0.3 is 10.1 Å². The lowest BCUT2D eigenvalue weighted by Gasteiger charge is -2.27. The highest BCUT2D eigenvalue weighted by molar-refractivity contribution is 9.10. The van der Waals surface area contributed by atoms with Gasteiger partial charge in [-0.2, -0.15) is 0 Å². The first-order valence-electron chi connectivity index (χ1n) is 6.82. The molecule has 0 fully saturated rings. The molecule has 0 amide bonds. The fourth-order valence-corrected chi connectivity index (χ4v) is 3.04. The van der Waals surface area contributed by atoms with Gasteiger partial charge in [0, 0.05) is 22.6 Å². The quantitative estimate of drug-likeness (QED) is 0.750. The monoisotopic (exact) mass is 347 g/mol. The lowest BCUT2D eigenvalue weighted by Crippen LogP contribution is -2.42. The Bertz CT molecular complexity index is 386. The molecule has 0 aliphatic rings. The molecule has 1 aromatic carbocycles. The van der Waals surface area contributed by atoms with Crippen LogP contribution in [0.2, 0.25) is 5.02 Å². The summed E-state index contributed by atoms with van der Waals surface area (Å²) in [6.45, 7) is 5.23. The minimum absolute atomic E-state index is 0.227. The molecule has 1 aromatic rings. The van der Waals surface area contributed by atoms with Crippen molar-refractivity contribution in [2.75, 3.05) is 13.7 Å². The lowest BCUT2D eigenvalue weighted by atomic mass is 9.98. The number of hydrogen-bond acceptors (Lipinski definition) is 2. The Morgan fingerprint density at radius 1 is 1.37 bits per heavy atom. The van der Waals surface area contributed by atoms with Crippen LogP contribution in [0.4, 0.5) is 0 Å². The highest BCUT2D eigenvalue weighted by atomic mass is 79.9. The van der Waals surface area contributed by atoms with Crippen molar-refractivity contribution in [1.29, 1.82) is 0 Å². The molecule has 0 bridgehead atoms. The maximum Gasteiger partial charge on any atom is 0.0727 e. The standard InChI is InChI=1S/C15H23BrClNO/c1-4-6-15(19-3)14(18-5-2)9-11-7-8-12(16)10-13(11)17/h7-8,10,14-15,18H,4-6,9H2,1-3H3. The van der Waals surface area contributed by atoms with E-state index in [0.29, 0.717) is 6.04 Å². The number of hydrogen-bond donors (Lipinski definition) is 1. The molecule has 2 atom stereocenters. The van der Waals surface area contributed by atoms with Crippen LogP contribution in [0.25, 0.3) is 0 Å². The van der Waals surface area contributed by atoms with Crippen LogP contribution in [0.3, 0.4) is 0 Å². The van der Waals surface area contributed by atoms with Gasteiger partial charge in [-0.1, -0.05) is 53.9 Å². The van der Waals surface area contributed by atoms with Gasteiger partial charge in [0.05, 0.1) is 6.10 Å². The third-order valence-electron chi connectivity index (χ3n) is 3.25. The molecule has 0 aromatic heterocycles. The van der Waals surface area contributed by atoms with Crippen molar-refractivity contribution in [2.24, 2.45) is 0 Å². The Morgan fingerprint density at radius 2 is 2.11 bits per heavy atom. The normalized spacial score (nSPS) is 14.4. The molecule has 1 N–H and O–H groups in total. The van der Waals surface area contributed by atoms with Crippen LogP contribution in [0.5, 0.6) is 0 Å². The van der Waals surface area contributed by atoms with Crippen LogP contribution in [-0.4, -0.2) is 25.8 Å². The number of methoxy groups -OCH3 is 1. The maximum absolute atomic E-state index is 6.30. The van der Waals surface area contributed by atoms with E-state index >= 15 is 0 Å². The van der Waals surface area contributed by atoms with Crippen molar-refractivity contribution in [2.45, 2.75) is 45.3 Å². The summed E-state index contributed by atoms with van der Waals surface area (Å²) < 4.78 is 6.64. The number of likely N-dealkylation sites (N-methyl/N-ethyl adjacent to an activating group) is 1. The molecular weight excluding hydrogens is 326 g/mol. The lowest BCUT2D eigenvalue weighted by molar-refractivity contribution is 0.0614. The second-order valence-electron chi connectivity index (χ2n) is 4.67. The van der Waals surface area contributed by atoms with Crippen LogP contribution < -0.4 is 5.32 Å². The summed E-state index contributed by atoms with van der Waals surface area (Å²) in [5.74, 6) is 0. The summed E-state index contributed by atoms with van der Waals surface area (Å²) in [6, 6.07) is 6.36. The third-order valence-corrected chi connectivity index (χ3v) is 4.09. The van der Waals surface area contributed by atoms with E-state index in [2.05, 4.69) is 41.2 Å².